The number of β-amino-alcohol motifs (C(OH)–C–C–N with tert-alkyl or cyclic N) is 1. The van der Waals surface area contributed by atoms with E-state index in [9.17, 15) is 15.2 Å². The molecule has 0 radical (unpaired) electrons. The van der Waals surface area contributed by atoms with E-state index in [-0.39, 0.29) is 5.69 Å². The Balaban J connectivity index is 1.42. The van der Waals surface area contributed by atoms with E-state index in [1.165, 1.54) is 12.1 Å². The summed E-state index contributed by atoms with van der Waals surface area (Å²) in [4.78, 5) is 24.2. The number of piperazine rings is 1. The van der Waals surface area contributed by atoms with Crippen LogP contribution in [0.25, 0.3) is 11.4 Å². The lowest BCUT2D eigenvalue weighted by Gasteiger charge is -2.36. The smallest absolute Gasteiger partial charge is 0.269 e. The van der Waals surface area contributed by atoms with Crippen molar-refractivity contribution in [1.82, 2.24) is 14.9 Å². The van der Waals surface area contributed by atoms with Crippen molar-refractivity contribution < 1.29 is 10.0 Å². The van der Waals surface area contributed by atoms with Gasteiger partial charge in [-0.15, -0.1) is 0 Å². The van der Waals surface area contributed by atoms with Crippen molar-refractivity contribution >= 4 is 11.5 Å². The number of nitro groups is 1. The number of hydrogen-bond donors (Lipinski definition) is 1. The number of non-ortho nitro benzene ring substituents is 1. The zero-order valence-electron chi connectivity index (χ0n) is 17.4. The Kier molecular flexibility index (Phi) is 6.20. The fraction of sp³-hybridized carbons (Fsp3) is 0.304. The highest BCUT2D eigenvalue weighted by atomic mass is 16.6. The first-order chi connectivity index (χ1) is 15.0. The van der Waals surface area contributed by atoms with Gasteiger partial charge < -0.3 is 10.0 Å². The molecule has 1 aliphatic heterocycles. The highest BCUT2D eigenvalue weighted by Crippen LogP contribution is 2.24. The number of aryl methyl sites for hydroxylation is 1. The van der Waals surface area contributed by atoms with E-state index in [0.717, 1.165) is 48.8 Å². The minimum absolute atomic E-state index is 0.0467. The molecule has 1 saturated heterocycles. The summed E-state index contributed by atoms with van der Waals surface area (Å²) >= 11 is 0. The van der Waals surface area contributed by atoms with Gasteiger partial charge in [-0.25, -0.2) is 9.97 Å². The molecule has 3 aromatic rings. The van der Waals surface area contributed by atoms with Crippen LogP contribution < -0.4 is 4.90 Å². The molecule has 4 rings (SSSR count). The lowest BCUT2D eigenvalue weighted by molar-refractivity contribution is -0.384. The van der Waals surface area contributed by atoms with Gasteiger partial charge >= 0.3 is 0 Å². The maximum Gasteiger partial charge on any atom is 0.269 e. The number of hydrogen-bond acceptors (Lipinski definition) is 7. The third-order valence-electron chi connectivity index (χ3n) is 5.49. The fourth-order valence-electron chi connectivity index (χ4n) is 3.76. The minimum atomic E-state index is -0.497. The van der Waals surface area contributed by atoms with Crippen molar-refractivity contribution in [3.8, 4) is 11.4 Å². The fourth-order valence-corrected chi connectivity index (χ4v) is 3.76. The second-order valence-corrected chi connectivity index (χ2v) is 7.71. The van der Waals surface area contributed by atoms with Gasteiger partial charge in [-0.2, -0.15) is 0 Å². The number of aliphatic hydroxyl groups excluding tert-OH is 1. The lowest BCUT2D eigenvalue weighted by atomic mass is 10.1. The molecule has 2 heterocycles. The van der Waals surface area contributed by atoms with Crippen LogP contribution >= 0.6 is 0 Å². The van der Waals surface area contributed by atoms with Crippen LogP contribution in [0.1, 0.15) is 17.4 Å². The Hall–Kier alpha value is -3.36. The van der Waals surface area contributed by atoms with Crippen LogP contribution in [0.15, 0.2) is 60.7 Å². The predicted molar refractivity (Wildman–Crippen MR) is 119 cm³/mol. The van der Waals surface area contributed by atoms with E-state index >= 15 is 0 Å². The summed E-state index contributed by atoms with van der Waals surface area (Å²) in [7, 11) is 0. The molecule has 1 atom stereocenters. The maximum absolute atomic E-state index is 10.9. The molecule has 0 aliphatic carbocycles. The summed E-state index contributed by atoms with van der Waals surface area (Å²) in [6, 6.07) is 18.0. The van der Waals surface area contributed by atoms with Gasteiger partial charge in [0.15, 0.2) is 5.82 Å². The van der Waals surface area contributed by atoms with Crippen molar-refractivity contribution in [2.75, 3.05) is 37.6 Å². The van der Waals surface area contributed by atoms with Gasteiger partial charge in [0.1, 0.15) is 5.82 Å². The quantitative estimate of drug-likeness (QED) is 0.484. The molecule has 0 amide bonds. The summed E-state index contributed by atoms with van der Waals surface area (Å²) in [6.07, 6.45) is -0.497. The van der Waals surface area contributed by atoms with Crippen molar-refractivity contribution in [1.29, 1.82) is 0 Å². The normalized spacial score (nSPS) is 15.6. The first-order valence-electron chi connectivity index (χ1n) is 10.3. The molecular formula is C23H25N5O3. The molecular weight excluding hydrogens is 394 g/mol. The van der Waals surface area contributed by atoms with Crippen LogP contribution in [-0.4, -0.2) is 57.6 Å². The van der Waals surface area contributed by atoms with Crippen molar-refractivity contribution in [2.24, 2.45) is 0 Å². The van der Waals surface area contributed by atoms with E-state index in [0.29, 0.717) is 12.4 Å². The molecule has 0 spiro atoms. The number of nitrogens with zero attached hydrogens (tertiary/aromatic N) is 5. The maximum atomic E-state index is 10.9. The average molecular weight is 419 g/mol. The van der Waals surface area contributed by atoms with Crippen LogP contribution in [0, 0.1) is 17.0 Å². The number of rotatable bonds is 6. The second-order valence-electron chi connectivity index (χ2n) is 7.71. The van der Waals surface area contributed by atoms with Crippen LogP contribution in [-0.2, 0) is 0 Å². The lowest BCUT2D eigenvalue weighted by Crippen LogP contribution is -2.47. The molecule has 0 bridgehead atoms. The monoisotopic (exact) mass is 419 g/mol. The van der Waals surface area contributed by atoms with Crippen molar-refractivity contribution in [3.63, 3.8) is 0 Å². The topological polar surface area (TPSA) is 95.6 Å². The first-order valence-corrected chi connectivity index (χ1v) is 10.3. The molecule has 160 valence electrons. The molecule has 1 fully saturated rings. The van der Waals surface area contributed by atoms with Crippen LogP contribution in [0.3, 0.4) is 0 Å². The zero-order chi connectivity index (χ0) is 21.8. The highest BCUT2D eigenvalue weighted by Gasteiger charge is 2.21. The highest BCUT2D eigenvalue weighted by molar-refractivity contribution is 5.60. The first kappa shape index (κ1) is 20.9. The summed E-state index contributed by atoms with van der Waals surface area (Å²) in [6.45, 7) is 5.80. The SMILES string of the molecule is Cc1cc(N2CCN(CC(O)c3ccccc3)CC2)nc(-c2ccc([N+](=O)[O-])cc2)n1. The van der Waals surface area contributed by atoms with Gasteiger partial charge in [-0.05, 0) is 24.6 Å². The molecule has 1 unspecified atom stereocenters. The van der Waals surface area contributed by atoms with Crippen LogP contribution in [0.5, 0.6) is 0 Å². The number of benzene rings is 2. The molecule has 1 aliphatic rings. The standard InChI is InChI=1S/C23H25N5O3/c1-17-15-22(25-23(24-17)19-7-9-20(10-8-19)28(30)31)27-13-11-26(12-14-27)16-21(29)18-5-3-2-4-6-18/h2-10,15,21,29H,11-14,16H2,1H3. The van der Waals surface area contributed by atoms with Gasteiger partial charge in [0.25, 0.3) is 5.69 Å². The Labute approximate surface area is 181 Å². The molecule has 1 N–H and O–H groups in total. The van der Waals surface area contributed by atoms with E-state index in [1.54, 1.807) is 12.1 Å². The van der Waals surface area contributed by atoms with Gasteiger partial charge in [-0.3, -0.25) is 15.0 Å². The van der Waals surface area contributed by atoms with E-state index < -0.39 is 11.0 Å². The van der Waals surface area contributed by atoms with Gasteiger partial charge in [-0.1, -0.05) is 30.3 Å². The Morgan fingerprint density at radius 3 is 2.35 bits per heavy atom. The summed E-state index contributed by atoms with van der Waals surface area (Å²) in [5, 5.41) is 21.4. The van der Waals surface area contributed by atoms with Gasteiger partial charge in [0, 0.05) is 62.2 Å². The largest absolute Gasteiger partial charge is 0.387 e. The summed E-state index contributed by atoms with van der Waals surface area (Å²) < 4.78 is 0. The van der Waals surface area contributed by atoms with E-state index in [4.69, 9.17) is 4.98 Å². The molecule has 2 aromatic carbocycles. The Bertz CT molecular complexity index is 1030. The van der Waals surface area contributed by atoms with Gasteiger partial charge in [0.2, 0.25) is 0 Å². The number of aliphatic hydroxyl groups is 1. The Morgan fingerprint density at radius 1 is 1.03 bits per heavy atom. The number of anilines is 1. The third kappa shape index (κ3) is 5.04. The van der Waals surface area contributed by atoms with Gasteiger partial charge in [0.05, 0.1) is 11.0 Å². The molecule has 0 saturated carbocycles. The number of aromatic nitrogens is 2. The molecule has 31 heavy (non-hydrogen) atoms. The minimum Gasteiger partial charge on any atom is -0.387 e. The molecule has 8 nitrogen and oxygen atoms in total. The van der Waals surface area contributed by atoms with Crippen LogP contribution in [0.2, 0.25) is 0 Å². The molecule has 8 heteroatoms. The summed E-state index contributed by atoms with van der Waals surface area (Å²) in [5.41, 5.74) is 2.58. The average Bonchev–Trinajstić information content (AvgIpc) is 2.80. The van der Waals surface area contributed by atoms with E-state index in [2.05, 4.69) is 14.8 Å². The summed E-state index contributed by atoms with van der Waals surface area (Å²) in [5.74, 6) is 1.41. The number of nitro benzene ring substituents is 1. The molecule has 1 aromatic heterocycles. The van der Waals surface area contributed by atoms with Crippen molar-refractivity contribution in [3.05, 3.63) is 82.0 Å². The zero-order valence-corrected chi connectivity index (χ0v) is 17.4. The van der Waals surface area contributed by atoms with Crippen molar-refractivity contribution in [2.45, 2.75) is 13.0 Å². The van der Waals surface area contributed by atoms with Crippen LogP contribution in [0.4, 0.5) is 11.5 Å². The second kappa shape index (κ2) is 9.20. The third-order valence-corrected chi connectivity index (χ3v) is 5.49. The van der Waals surface area contributed by atoms with E-state index in [1.807, 2.05) is 43.3 Å². The Morgan fingerprint density at radius 2 is 1.71 bits per heavy atom. The predicted octanol–water partition coefficient (Wildman–Crippen LogP) is 3.22.